The van der Waals surface area contributed by atoms with Crippen LogP contribution in [0.5, 0.6) is 0 Å². The summed E-state index contributed by atoms with van der Waals surface area (Å²) in [7, 11) is 0. The summed E-state index contributed by atoms with van der Waals surface area (Å²) < 4.78 is 0. The van der Waals surface area contributed by atoms with Crippen LogP contribution in [0.3, 0.4) is 0 Å². The smallest absolute Gasteiger partial charge is 0.147 e. The molecule has 1 aliphatic heterocycles. The predicted molar refractivity (Wildman–Crippen MR) is 44.4 cm³/mol. The van der Waals surface area contributed by atoms with E-state index in [4.69, 9.17) is 5.73 Å². The molecule has 1 aliphatic rings. The van der Waals surface area contributed by atoms with Gasteiger partial charge in [-0.2, -0.15) is 0 Å². The Kier molecular flexibility index (Phi) is 3.52. The maximum absolute atomic E-state index is 10.8. The first-order chi connectivity index (χ1) is 5.33. The summed E-state index contributed by atoms with van der Waals surface area (Å²) in [5, 5.41) is 0. The average Bonchev–Trinajstić information content (AvgIpc) is 2.52. The quantitative estimate of drug-likeness (QED) is 0.623. The fourth-order valence-electron chi connectivity index (χ4n) is 1.39. The largest absolute Gasteiger partial charge is 0.324 e. The lowest BCUT2D eigenvalue weighted by atomic mass is 10.3. The van der Waals surface area contributed by atoms with Crippen LogP contribution in [0, 0.1) is 0 Å². The molecule has 0 unspecified atom stereocenters. The van der Waals surface area contributed by atoms with E-state index in [9.17, 15) is 4.79 Å². The highest BCUT2D eigenvalue weighted by Crippen LogP contribution is 2.07. The summed E-state index contributed by atoms with van der Waals surface area (Å²) in [6.45, 7) is 3.44. The minimum atomic E-state index is 0.178. The third-order valence-corrected chi connectivity index (χ3v) is 2.13. The highest BCUT2D eigenvalue weighted by Gasteiger charge is 2.11. The SMILES string of the molecule is NCC(=O)CCN1CCCC1. The van der Waals surface area contributed by atoms with E-state index in [0.29, 0.717) is 6.42 Å². The van der Waals surface area contributed by atoms with Gasteiger partial charge in [0.25, 0.3) is 0 Å². The normalized spacial score (nSPS) is 19.0. The summed E-state index contributed by atoms with van der Waals surface area (Å²) in [5.74, 6) is 0.178. The minimum absolute atomic E-state index is 0.178. The number of hydrogen-bond donors (Lipinski definition) is 1. The maximum Gasteiger partial charge on any atom is 0.147 e. The Morgan fingerprint density at radius 3 is 2.55 bits per heavy atom. The fourth-order valence-corrected chi connectivity index (χ4v) is 1.39. The Balaban J connectivity index is 2.06. The van der Waals surface area contributed by atoms with Crippen LogP contribution in [0.4, 0.5) is 0 Å². The number of Topliss-reactive ketones (excluding diaryl/α,β-unsaturated/α-hetero) is 1. The number of carbonyl (C=O) groups excluding carboxylic acids is 1. The Labute approximate surface area is 67.5 Å². The van der Waals surface area contributed by atoms with E-state index < -0.39 is 0 Å². The van der Waals surface area contributed by atoms with Gasteiger partial charge < -0.3 is 10.6 Å². The van der Waals surface area contributed by atoms with Gasteiger partial charge in [0.05, 0.1) is 6.54 Å². The van der Waals surface area contributed by atoms with E-state index in [-0.39, 0.29) is 12.3 Å². The van der Waals surface area contributed by atoms with Gasteiger partial charge in [-0.05, 0) is 25.9 Å². The summed E-state index contributed by atoms with van der Waals surface area (Å²) >= 11 is 0. The number of nitrogens with zero attached hydrogens (tertiary/aromatic N) is 1. The second-order valence-electron chi connectivity index (χ2n) is 3.04. The van der Waals surface area contributed by atoms with Gasteiger partial charge in [0, 0.05) is 13.0 Å². The van der Waals surface area contributed by atoms with Gasteiger partial charge in [0.2, 0.25) is 0 Å². The van der Waals surface area contributed by atoms with Crippen LogP contribution < -0.4 is 5.73 Å². The van der Waals surface area contributed by atoms with Crippen molar-refractivity contribution in [2.24, 2.45) is 5.73 Å². The highest BCUT2D eigenvalue weighted by molar-refractivity contribution is 5.80. The summed E-state index contributed by atoms with van der Waals surface area (Å²) in [6.07, 6.45) is 3.21. The first-order valence-corrected chi connectivity index (χ1v) is 4.27. The van der Waals surface area contributed by atoms with Gasteiger partial charge >= 0.3 is 0 Å². The number of nitrogens with two attached hydrogens (primary N) is 1. The lowest BCUT2D eigenvalue weighted by Gasteiger charge is -2.12. The van der Waals surface area contributed by atoms with Crippen LogP contribution in [0.2, 0.25) is 0 Å². The van der Waals surface area contributed by atoms with Gasteiger partial charge in [0.15, 0.2) is 0 Å². The van der Waals surface area contributed by atoms with Gasteiger partial charge in [-0.25, -0.2) is 0 Å². The standard InChI is InChI=1S/C8H16N2O/c9-7-8(11)3-6-10-4-1-2-5-10/h1-7,9H2. The molecule has 64 valence electrons. The van der Waals surface area contributed by atoms with E-state index in [1.165, 1.54) is 12.8 Å². The van der Waals surface area contributed by atoms with Gasteiger partial charge in [-0.1, -0.05) is 0 Å². The third kappa shape index (κ3) is 2.99. The first-order valence-electron chi connectivity index (χ1n) is 4.27. The molecule has 0 amide bonds. The number of carbonyl (C=O) groups is 1. The molecule has 0 aromatic heterocycles. The van der Waals surface area contributed by atoms with Crippen LogP contribution in [0.1, 0.15) is 19.3 Å². The highest BCUT2D eigenvalue weighted by atomic mass is 16.1. The van der Waals surface area contributed by atoms with E-state index in [1.54, 1.807) is 0 Å². The molecule has 1 fully saturated rings. The summed E-state index contributed by atoms with van der Waals surface area (Å²) in [4.78, 5) is 13.1. The first kappa shape index (κ1) is 8.68. The van der Waals surface area contributed by atoms with E-state index >= 15 is 0 Å². The molecular weight excluding hydrogens is 140 g/mol. The molecule has 0 spiro atoms. The summed E-state index contributed by atoms with van der Waals surface area (Å²) in [5.41, 5.74) is 5.19. The molecule has 3 heteroatoms. The van der Waals surface area contributed by atoms with Crippen molar-refractivity contribution in [1.82, 2.24) is 4.90 Å². The molecule has 3 nitrogen and oxygen atoms in total. The lowest BCUT2D eigenvalue weighted by molar-refractivity contribution is -0.118. The van der Waals surface area contributed by atoms with Crippen molar-refractivity contribution in [2.75, 3.05) is 26.2 Å². The topological polar surface area (TPSA) is 46.3 Å². The molecule has 0 aromatic rings. The zero-order chi connectivity index (χ0) is 8.10. The molecule has 0 bridgehead atoms. The van der Waals surface area contributed by atoms with Crippen LogP contribution in [-0.2, 0) is 4.79 Å². The number of rotatable bonds is 4. The fraction of sp³-hybridized carbons (Fsp3) is 0.875. The predicted octanol–water partition coefficient (Wildman–Crippen LogP) is 0.0001000. The van der Waals surface area contributed by atoms with Crippen molar-refractivity contribution in [1.29, 1.82) is 0 Å². The molecule has 0 aliphatic carbocycles. The molecule has 0 atom stereocenters. The second-order valence-corrected chi connectivity index (χ2v) is 3.04. The van der Waals surface area contributed by atoms with Crippen molar-refractivity contribution in [2.45, 2.75) is 19.3 Å². The molecular formula is C8H16N2O. The minimum Gasteiger partial charge on any atom is -0.324 e. The molecule has 1 heterocycles. The summed E-state index contributed by atoms with van der Waals surface area (Å²) in [6, 6.07) is 0. The van der Waals surface area contributed by atoms with Crippen LogP contribution in [0.25, 0.3) is 0 Å². The third-order valence-electron chi connectivity index (χ3n) is 2.13. The molecule has 1 saturated heterocycles. The number of ketones is 1. The van der Waals surface area contributed by atoms with E-state index in [2.05, 4.69) is 4.90 Å². The molecule has 0 saturated carbocycles. The molecule has 0 aromatic carbocycles. The van der Waals surface area contributed by atoms with Gasteiger partial charge in [0.1, 0.15) is 5.78 Å². The Morgan fingerprint density at radius 1 is 1.36 bits per heavy atom. The van der Waals surface area contributed by atoms with Crippen molar-refractivity contribution in [3.8, 4) is 0 Å². The Bertz CT molecular complexity index is 130. The Morgan fingerprint density at radius 2 is 2.00 bits per heavy atom. The molecule has 1 rings (SSSR count). The Hall–Kier alpha value is -0.410. The zero-order valence-corrected chi connectivity index (χ0v) is 6.88. The van der Waals surface area contributed by atoms with Crippen molar-refractivity contribution in [3.63, 3.8) is 0 Å². The van der Waals surface area contributed by atoms with E-state index in [0.717, 1.165) is 19.6 Å². The average molecular weight is 156 g/mol. The second kappa shape index (κ2) is 4.46. The van der Waals surface area contributed by atoms with E-state index in [1.807, 2.05) is 0 Å². The van der Waals surface area contributed by atoms with Crippen LogP contribution >= 0.6 is 0 Å². The molecule has 11 heavy (non-hydrogen) atoms. The zero-order valence-electron chi connectivity index (χ0n) is 6.88. The van der Waals surface area contributed by atoms with Crippen molar-refractivity contribution in [3.05, 3.63) is 0 Å². The molecule has 2 N–H and O–H groups in total. The van der Waals surface area contributed by atoms with Gasteiger partial charge in [-0.15, -0.1) is 0 Å². The van der Waals surface area contributed by atoms with Crippen molar-refractivity contribution < 1.29 is 4.79 Å². The molecule has 0 radical (unpaired) electrons. The van der Waals surface area contributed by atoms with Crippen LogP contribution in [-0.4, -0.2) is 36.9 Å². The number of likely N-dealkylation sites (tertiary alicyclic amines) is 1. The van der Waals surface area contributed by atoms with Crippen LogP contribution in [0.15, 0.2) is 0 Å². The number of hydrogen-bond acceptors (Lipinski definition) is 3. The lowest BCUT2D eigenvalue weighted by Crippen LogP contribution is -2.25. The monoisotopic (exact) mass is 156 g/mol. The maximum atomic E-state index is 10.8. The van der Waals surface area contributed by atoms with Gasteiger partial charge in [-0.3, -0.25) is 4.79 Å². The van der Waals surface area contributed by atoms with Crippen molar-refractivity contribution >= 4 is 5.78 Å².